The number of carbonyl (C=O) groups is 2. The van der Waals surface area contributed by atoms with E-state index in [0.29, 0.717) is 37.6 Å². The van der Waals surface area contributed by atoms with Gasteiger partial charge in [-0.2, -0.15) is 4.98 Å². The molecule has 1 aliphatic heterocycles. The second-order valence-electron chi connectivity index (χ2n) is 4.73. The number of nitrogens with one attached hydrogen (secondary N) is 1. The monoisotopic (exact) mass is 266 g/mol. The Morgan fingerprint density at radius 1 is 1.42 bits per heavy atom. The Bertz CT molecular complexity index is 463. The van der Waals surface area contributed by atoms with E-state index in [4.69, 9.17) is 4.52 Å². The Kier molecular flexibility index (Phi) is 4.13. The maximum Gasteiger partial charge on any atom is 0.246 e. The quantitative estimate of drug-likeness (QED) is 0.847. The summed E-state index contributed by atoms with van der Waals surface area (Å²) in [6.07, 6.45) is 1.41. The van der Waals surface area contributed by atoms with Crippen LogP contribution >= 0.6 is 0 Å². The lowest BCUT2D eigenvalue weighted by Crippen LogP contribution is -2.42. The van der Waals surface area contributed by atoms with Crippen LogP contribution in [0.1, 0.15) is 31.5 Å². The topological polar surface area (TPSA) is 88.3 Å². The molecule has 1 fully saturated rings. The molecule has 7 heteroatoms. The Hall–Kier alpha value is -1.92. The predicted molar refractivity (Wildman–Crippen MR) is 65.9 cm³/mol. The van der Waals surface area contributed by atoms with E-state index in [1.807, 2.05) is 0 Å². The Balaban J connectivity index is 1.77. The molecule has 0 spiro atoms. The highest BCUT2D eigenvalue weighted by molar-refractivity contribution is 5.79. The van der Waals surface area contributed by atoms with Crippen molar-refractivity contribution in [2.24, 2.45) is 5.92 Å². The minimum atomic E-state index is -0.0420. The molecule has 1 N–H and O–H groups in total. The molecule has 0 aliphatic carbocycles. The van der Waals surface area contributed by atoms with Crippen LogP contribution in [0.15, 0.2) is 4.52 Å². The zero-order valence-corrected chi connectivity index (χ0v) is 11.2. The van der Waals surface area contributed by atoms with Crippen molar-refractivity contribution in [1.82, 2.24) is 20.4 Å². The summed E-state index contributed by atoms with van der Waals surface area (Å²) in [4.78, 5) is 28.9. The van der Waals surface area contributed by atoms with Gasteiger partial charge in [0.25, 0.3) is 0 Å². The lowest BCUT2D eigenvalue weighted by molar-refractivity contribution is -0.134. The molecule has 2 heterocycles. The van der Waals surface area contributed by atoms with Crippen molar-refractivity contribution in [3.8, 4) is 0 Å². The maximum absolute atomic E-state index is 12.0. The number of rotatable bonds is 3. The van der Waals surface area contributed by atoms with E-state index in [2.05, 4.69) is 15.5 Å². The van der Waals surface area contributed by atoms with Gasteiger partial charge in [-0.1, -0.05) is 5.16 Å². The second kappa shape index (κ2) is 5.81. The summed E-state index contributed by atoms with van der Waals surface area (Å²) in [6.45, 7) is 4.83. The fraction of sp³-hybridized carbons (Fsp3) is 0.667. The highest BCUT2D eigenvalue weighted by Crippen LogP contribution is 2.17. The van der Waals surface area contributed by atoms with Crippen LogP contribution in [0.25, 0.3) is 0 Å². The fourth-order valence-electron chi connectivity index (χ4n) is 2.18. The molecule has 2 rings (SSSR count). The van der Waals surface area contributed by atoms with Gasteiger partial charge in [0.05, 0.1) is 6.54 Å². The minimum Gasteiger partial charge on any atom is -0.347 e. The zero-order chi connectivity index (χ0) is 13.8. The van der Waals surface area contributed by atoms with Gasteiger partial charge in [-0.25, -0.2) is 0 Å². The lowest BCUT2D eigenvalue weighted by Gasteiger charge is -2.30. The van der Waals surface area contributed by atoms with Crippen LogP contribution in [-0.2, 0) is 16.1 Å². The molecule has 0 radical (unpaired) electrons. The molecule has 0 aromatic carbocycles. The standard InChI is InChI=1S/C12H18N4O3/c1-8-14-11(19-15-8)7-13-12(18)10-3-5-16(6-4-10)9(2)17/h10H,3-7H2,1-2H3,(H,13,18). The maximum atomic E-state index is 12.0. The summed E-state index contributed by atoms with van der Waals surface area (Å²) in [5.74, 6) is 0.977. The average Bonchev–Trinajstić information content (AvgIpc) is 2.82. The first-order valence-electron chi connectivity index (χ1n) is 6.38. The molecule has 7 nitrogen and oxygen atoms in total. The second-order valence-corrected chi connectivity index (χ2v) is 4.73. The first kappa shape index (κ1) is 13.5. The molecule has 0 unspecified atom stereocenters. The van der Waals surface area contributed by atoms with Crippen molar-refractivity contribution in [2.75, 3.05) is 13.1 Å². The zero-order valence-electron chi connectivity index (χ0n) is 11.2. The van der Waals surface area contributed by atoms with Gasteiger partial charge in [0.15, 0.2) is 5.82 Å². The number of likely N-dealkylation sites (tertiary alicyclic amines) is 1. The lowest BCUT2D eigenvalue weighted by atomic mass is 9.96. The molecule has 1 aliphatic rings. The van der Waals surface area contributed by atoms with E-state index in [0.717, 1.165) is 0 Å². The highest BCUT2D eigenvalue weighted by atomic mass is 16.5. The first-order chi connectivity index (χ1) is 9.06. The largest absolute Gasteiger partial charge is 0.347 e. The van der Waals surface area contributed by atoms with Crippen molar-refractivity contribution < 1.29 is 14.1 Å². The Labute approximate surface area is 111 Å². The molecular formula is C12H18N4O3. The van der Waals surface area contributed by atoms with Crippen molar-refractivity contribution in [1.29, 1.82) is 0 Å². The number of aromatic nitrogens is 2. The number of carbonyl (C=O) groups excluding carboxylic acids is 2. The number of amides is 2. The molecule has 1 aromatic rings. The highest BCUT2D eigenvalue weighted by Gasteiger charge is 2.25. The summed E-state index contributed by atoms with van der Waals surface area (Å²) in [6, 6.07) is 0. The van der Waals surface area contributed by atoms with Gasteiger partial charge in [0.2, 0.25) is 17.7 Å². The SMILES string of the molecule is CC(=O)N1CCC(C(=O)NCc2nc(C)no2)CC1. The summed E-state index contributed by atoms with van der Waals surface area (Å²) in [5, 5.41) is 6.44. The van der Waals surface area contributed by atoms with Crippen molar-refractivity contribution >= 4 is 11.8 Å². The number of hydrogen-bond donors (Lipinski definition) is 1. The first-order valence-corrected chi connectivity index (χ1v) is 6.38. The average molecular weight is 266 g/mol. The van der Waals surface area contributed by atoms with Crippen LogP contribution in [0.4, 0.5) is 0 Å². The summed E-state index contributed by atoms with van der Waals surface area (Å²) >= 11 is 0. The molecule has 1 aromatic heterocycles. The number of piperidine rings is 1. The van der Waals surface area contributed by atoms with E-state index in [9.17, 15) is 9.59 Å². The van der Waals surface area contributed by atoms with E-state index in [1.54, 1.807) is 18.7 Å². The summed E-state index contributed by atoms with van der Waals surface area (Å²) in [5.41, 5.74) is 0. The van der Waals surface area contributed by atoms with Crippen molar-refractivity contribution in [3.05, 3.63) is 11.7 Å². The van der Waals surface area contributed by atoms with Crippen molar-refractivity contribution in [3.63, 3.8) is 0 Å². The van der Waals surface area contributed by atoms with Gasteiger partial charge in [-0.15, -0.1) is 0 Å². The number of hydrogen-bond acceptors (Lipinski definition) is 5. The number of nitrogens with zero attached hydrogens (tertiary/aromatic N) is 3. The molecular weight excluding hydrogens is 248 g/mol. The third-order valence-electron chi connectivity index (χ3n) is 3.29. The molecule has 0 saturated carbocycles. The van der Waals surface area contributed by atoms with Gasteiger partial charge >= 0.3 is 0 Å². The van der Waals surface area contributed by atoms with Gasteiger partial charge in [0.1, 0.15) is 0 Å². The van der Waals surface area contributed by atoms with Crippen LogP contribution in [0.5, 0.6) is 0 Å². The molecule has 19 heavy (non-hydrogen) atoms. The molecule has 0 atom stereocenters. The summed E-state index contributed by atoms with van der Waals surface area (Å²) < 4.78 is 4.92. The fourth-order valence-corrected chi connectivity index (χ4v) is 2.18. The molecule has 1 saturated heterocycles. The van der Waals surface area contributed by atoms with E-state index < -0.39 is 0 Å². The normalized spacial score (nSPS) is 16.4. The summed E-state index contributed by atoms with van der Waals surface area (Å²) in [7, 11) is 0. The third kappa shape index (κ3) is 3.52. The Morgan fingerprint density at radius 3 is 2.63 bits per heavy atom. The van der Waals surface area contributed by atoms with Crippen LogP contribution < -0.4 is 5.32 Å². The van der Waals surface area contributed by atoms with Gasteiger partial charge < -0.3 is 14.7 Å². The van der Waals surface area contributed by atoms with E-state index in [1.165, 1.54) is 0 Å². The Morgan fingerprint density at radius 2 is 2.11 bits per heavy atom. The van der Waals surface area contributed by atoms with Crippen LogP contribution in [0.2, 0.25) is 0 Å². The third-order valence-corrected chi connectivity index (χ3v) is 3.29. The van der Waals surface area contributed by atoms with Crippen LogP contribution in [-0.4, -0.2) is 39.9 Å². The van der Waals surface area contributed by atoms with Gasteiger partial charge in [-0.3, -0.25) is 9.59 Å². The number of aryl methyl sites for hydroxylation is 1. The van der Waals surface area contributed by atoms with Gasteiger partial charge in [0, 0.05) is 25.9 Å². The van der Waals surface area contributed by atoms with Gasteiger partial charge in [-0.05, 0) is 19.8 Å². The molecule has 104 valence electrons. The predicted octanol–water partition coefficient (Wildman–Crippen LogP) is 0.253. The van der Waals surface area contributed by atoms with Crippen LogP contribution in [0, 0.1) is 12.8 Å². The molecule has 2 amide bonds. The van der Waals surface area contributed by atoms with Crippen LogP contribution in [0.3, 0.4) is 0 Å². The van der Waals surface area contributed by atoms with E-state index in [-0.39, 0.29) is 24.3 Å². The van der Waals surface area contributed by atoms with Crippen molar-refractivity contribution in [2.45, 2.75) is 33.2 Å². The minimum absolute atomic E-state index is 0.0148. The molecule has 0 bridgehead atoms. The smallest absolute Gasteiger partial charge is 0.246 e. The van der Waals surface area contributed by atoms with E-state index >= 15 is 0 Å².